The first-order valence-corrected chi connectivity index (χ1v) is 8.09. The number of hydrogen-bond donors (Lipinski definition) is 2. The lowest BCUT2D eigenvalue weighted by molar-refractivity contribution is -0.169. The van der Waals surface area contributed by atoms with E-state index in [0.29, 0.717) is 6.42 Å². The third kappa shape index (κ3) is 2.26. The molecule has 1 amide bonds. The number of fused-ring (bicyclic) bond motifs is 1. The zero-order chi connectivity index (χ0) is 17.9. The molecule has 1 saturated carbocycles. The minimum Gasteiger partial charge on any atom is -0.399 e. The van der Waals surface area contributed by atoms with Gasteiger partial charge in [-0.05, 0) is 25.5 Å². The van der Waals surface area contributed by atoms with Crippen molar-refractivity contribution < 1.29 is 18.4 Å². The molecule has 1 fully saturated rings. The first-order valence-electron chi connectivity index (χ1n) is 7.27. The van der Waals surface area contributed by atoms with Crippen molar-refractivity contribution in [3.05, 3.63) is 29.3 Å². The number of nitrogen functional groups attached to an aromatic ring is 1. The van der Waals surface area contributed by atoms with Crippen LogP contribution in [0.2, 0.25) is 0 Å². The second-order valence-corrected chi connectivity index (χ2v) is 7.55. The van der Waals surface area contributed by atoms with E-state index in [4.69, 9.17) is 16.3 Å². The smallest absolute Gasteiger partial charge is 0.262 e. The molecule has 0 spiro atoms. The summed E-state index contributed by atoms with van der Waals surface area (Å²) < 4.78 is 27.3. The van der Waals surface area contributed by atoms with Gasteiger partial charge in [0.2, 0.25) is 0 Å². The summed E-state index contributed by atoms with van der Waals surface area (Å²) in [6.07, 6.45) is 0.431. The molecule has 0 aromatic heterocycles. The molecule has 0 bridgehead atoms. The van der Waals surface area contributed by atoms with E-state index in [1.807, 2.05) is 0 Å². The molecular weight excluding hydrogens is 338 g/mol. The number of aliphatic imine (C=N–C) groups is 1. The molecule has 0 saturated heterocycles. The van der Waals surface area contributed by atoms with Crippen LogP contribution in [0.15, 0.2) is 17.1 Å². The summed E-state index contributed by atoms with van der Waals surface area (Å²) in [7, 11) is 2.87. The van der Waals surface area contributed by atoms with E-state index in [9.17, 15) is 13.6 Å². The number of hydrogen-bond acceptors (Lipinski definition) is 6. The van der Waals surface area contributed by atoms with Gasteiger partial charge in [-0.15, -0.1) is 0 Å². The third-order valence-corrected chi connectivity index (χ3v) is 6.03. The number of benzene rings is 1. The van der Waals surface area contributed by atoms with Gasteiger partial charge in [-0.2, -0.15) is 0 Å². The van der Waals surface area contributed by atoms with E-state index in [-0.39, 0.29) is 28.2 Å². The van der Waals surface area contributed by atoms with Crippen LogP contribution >= 0.6 is 11.8 Å². The van der Waals surface area contributed by atoms with Crippen LogP contribution in [0.4, 0.5) is 14.5 Å². The SMILES string of the molecule is CON(C)C(=O)[C@]12C[C@H]1[C@@](C)(c1cc(N)cc(F)c1F)N=C(N)S2. The number of amides is 1. The lowest BCUT2D eigenvalue weighted by atomic mass is 9.85. The van der Waals surface area contributed by atoms with Crippen molar-refractivity contribution in [1.82, 2.24) is 5.06 Å². The molecule has 2 aliphatic rings. The Kier molecular flexibility index (Phi) is 3.76. The Morgan fingerprint density at radius 1 is 1.46 bits per heavy atom. The van der Waals surface area contributed by atoms with Crippen molar-refractivity contribution in [3.8, 4) is 0 Å². The van der Waals surface area contributed by atoms with E-state index in [0.717, 1.165) is 22.9 Å². The second-order valence-electron chi connectivity index (χ2n) is 6.20. The van der Waals surface area contributed by atoms with Crippen molar-refractivity contribution in [2.24, 2.45) is 16.6 Å². The van der Waals surface area contributed by atoms with Gasteiger partial charge in [-0.1, -0.05) is 11.8 Å². The fraction of sp³-hybridized carbons (Fsp3) is 0.467. The van der Waals surface area contributed by atoms with Gasteiger partial charge in [0.05, 0.1) is 12.6 Å². The van der Waals surface area contributed by atoms with E-state index >= 15 is 0 Å². The summed E-state index contributed by atoms with van der Waals surface area (Å²) in [4.78, 5) is 22.0. The molecule has 3 rings (SSSR count). The fourth-order valence-corrected chi connectivity index (χ4v) is 4.83. The molecule has 9 heteroatoms. The zero-order valence-electron chi connectivity index (χ0n) is 13.5. The number of nitrogens with two attached hydrogens (primary N) is 2. The van der Waals surface area contributed by atoms with E-state index in [1.165, 1.54) is 20.2 Å². The predicted molar refractivity (Wildman–Crippen MR) is 88.0 cm³/mol. The Morgan fingerprint density at radius 2 is 2.12 bits per heavy atom. The number of anilines is 1. The molecule has 1 aromatic rings. The van der Waals surface area contributed by atoms with Crippen molar-refractivity contribution in [2.75, 3.05) is 19.9 Å². The molecule has 1 heterocycles. The quantitative estimate of drug-likeness (QED) is 0.634. The van der Waals surface area contributed by atoms with E-state index in [1.54, 1.807) is 6.92 Å². The number of rotatable bonds is 3. The Balaban J connectivity index is 2.10. The highest BCUT2D eigenvalue weighted by Gasteiger charge is 2.71. The maximum atomic E-state index is 14.4. The van der Waals surface area contributed by atoms with Gasteiger partial charge in [-0.25, -0.2) is 13.8 Å². The largest absolute Gasteiger partial charge is 0.399 e. The lowest BCUT2D eigenvalue weighted by Crippen LogP contribution is -2.44. The summed E-state index contributed by atoms with van der Waals surface area (Å²) in [5.41, 5.74) is 10.5. The highest BCUT2D eigenvalue weighted by atomic mass is 32.2. The number of halogens is 2. The van der Waals surface area contributed by atoms with E-state index < -0.39 is 21.9 Å². The Bertz CT molecular complexity index is 759. The van der Waals surface area contributed by atoms with Gasteiger partial charge in [-0.3, -0.25) is 14.6 Å². The first-order chi connectivity index (χ1) is 11.2. The lowest BCUT2D eigenvalue weighted by Gasteiger charge is -2.34. The van der Waals surface area contributed by atoms with Gasteiger partial charge in [0.1, 0.15) is 4.75 Å². The minimum atomic E-state index is -1.18. The zero-order valence-corrected chi connectivity index (χ0v) is 14.3. The normalized spacial score (nSPS) is 31.2. The maximum Gasteiger partial charge on any atom is 0.262 e. The first kappa shape index (κ1) is 17.0. The van der Waals surface area contributed by atoms with Crippen LogP contribution < -0.4 is 11.5 Å². The molecule has 6 nitrogen and oxygen atoms in total. The number of hydroxylamine groups is 2. The third-order valence-electron chi connectivity index (χ3n) is 4.74. The van der Waals surface area contributed by atoms with E-state index in [2.05, 4.69) is 4.99 Å². The molecule has 1 aromatic carbocycles. The Labute approximate surface area is 142 Å². The maximum absolute atomic E-state index is 14.4. The summed E-state index contributed by atoms with van der Waals surface area (Å²) in [5, 5.41) is 1.26. The van der Waals surface area contributed by atoms with Gasteiger partial charge >= 0.3 is 0 Å². The van der Waals surface area contributed by atoms with Crippen LogP contribution in [0.1, 0.15) is 18.9 Å². The summed E-state index contributed by atoms with van der Waals surface area (Å²) in [5.74, 6) is -2.70. The number of carbonyl (C=O) groups is 1. The molecule has 1 aliphatic heterocycles. The van der Waals surface area contributed by atoms with Crippen LogP contribution in [-0.4, -0.2) is 35.0 Å². The summed E-state index contributed by atoms with van der Waals surface area (Å²) in [6.45, 7) is 1.64. The summed E-state index contributed by atoms with van der Waals surface area (Å²) >= 11 is 1.13. The highest BCUT2D eigenvalue weighted by Crippen LogP contribution is 2.66. The van der Waals surface area contributed by atoms with Gasteiger partial charge in [0.25, 0.3) is 5.91 Å². The standard InChI is InChI=1S/C15H18F2N4O2S/c1-14(8-4-7(18)5-9(16)11(8)17)10-6-15(10,24-13(19)20-14)12(22)21(2)23-3/h4-5,10H,6,18H2,1-3H3,(H2,19,20)/t10-,14+,15-/m0/s1. The molecule has 3 atom stereocenters. The van der Waals surface area contributed by atoms with Crippen LogP contribution in [0.3, 0.4) is 0 Å². The number of amidine groups is 1. The fourth-order valence-electron chi connectivity index (χ4n) is 3.38. The average Bonchev–Trinajstić information content (AvgIpc) is 3.25. The Hall–Kier alpha value is -1.87. The second kappa shape index (κ2) is 5.32. The predicted octanol–water partition coefficient (Wildman–Crippen LogP) is 1.60. The number of thioether (sulfide) groups is 1. The molecule has 130 valence electrons. The highest BCUT2D eigenvalue weighted by molar-refractivity contribution is 8.15. The summed E-state index contributed by atoms with van der Waals surface area (Å²) in [6, 6.07) is 2.26. The van der Waals surface area contributed by atoms with Crippen LogP contribution in [0.25, 0.3) is 0 Å². The van der Waals surface area contributed by atoms with Crippen LogP contribution in [-0.2, 0) is 15.2 Å². The Morgan fingerprint density at radius 3 is 2.75 bits per heavy atom. The van der Waals surface area contributed by atoms with Gasteiger partial charge in [0, 0.05) is 24.2 Å². The van der Waals surface area contributed by atoms with Crippen LogP contribution in [0, 0.1) is 17.6 Å². The molecule has 4 N–H and O–H groups in total. The molecular formula is C15H18F2N4O2S. The van der Waals surface area contributed by atoms with Gasteiger partial charge in [0.15, 0.2) is 16.8 Å². The van der Waals surface area contributed by atoms with Crippen molar-refractivity contribution in [1.29, 1.82) is 0 Å². The van der Waals surface area contributed by atoms with Gasteiger partial charge < -0.3 is 11.5 Å². The van der Waals surface area contributed by atoms with Crippen LogP contribution in [0.5, 0.6) is 0 Å². The van der Waals surface area contributed by atoms with Crippen molar-refractivity contribution in [2.45, 2.75) is 23.6 Å². The number of nitrogens with zero attached hydrogens (tertiary/aromatic N) is 2. The molecule has 0 radical (unpaired) electrons. The number of carbonyl (C=O) groups excluding carboxylic acids is 1. The molecule has 1 aliphatic carbocycles. The monoisotopic (exact) mass is 356 g/mol. The average molecular weight is 356 g/mol. The molecule has 24 heavy (non-hydrogen) atoms. The molecule has 0 unspecified atom stereocenters. The topological polar surface area (TPSA) is 93.9 Å². The minimum absolute atomic E-state index is 0.00277. The van der Waals surface area contributed by atoms with Crippen molar-refractivity contribution >= 4 is 28.5 Å². The van der Waals surface area contributed by atoms with Crippen molar-refractivity contribution in [3.63, 3.8) is 0 Å².